The average Bonchev–Trinajstić information content (AvgIpc) is 2.31. The van der Waals surface area contributed by atoms with Crippen LogP contribution in [0.5, 0.6) is 0 Å². The molecule has 0 spiro atoms. The van der Waals surface area contributed by atoms with Crippen molar-refractivity contribution in [3.63, 3.8) is 0 Å². The lowest BCUT2D eigenvalue weighted by atomic mass is 10.2. The van der Waals surface area contributed by atoms with Crippen molar-refractivity contribution in [2.24, 2.45) is 5.92 Å². The SMILES string of the molecule is CC(C)CNC1=CC(=O)OC1. The first-order valence-electron chi connectivity index (χ1n) is 3.79. The van der Waals surface area contributed by atoms with E-state index in [1.807, 2.05) is 0 Å². The maximum atomic E-state index is 10.6. The first kappa shape index (κ1) is 8.11. The van der Waals surface area contributed by atoms with Crippen molar-refractivity contribution in [2.45, 2.75) is 13.8 Å². The van der Waals surface area contributed by atoms with E-state index in [2.05, 4.69) is 19.2 Å². The van der Waals surface area contributed by atoms with Crippen LogP contribution in [0.1, 0.15) is 13.8 Å². The Labute approximate surface area is 66.4 Å². The van der Waals surface area contributed by atoms with Crippen LogP contribution in [-0.4, -0.2) is 19.1 Å². The second kappa shape index (κ2) is 3.42. The standard InChI is InChI=1S/C8H13NO2/c1-6(2)4-9-7-3-8(10)11-5-7/h3,6,9H,4-5H2,1-2H3. The molecule has 0 aromatic heterocycles. The summed E-state index contributed by atoms with van der Waals surface area (Å²) in [6.45, 7) is 5.53. The van der Waals surface area contributed by atoms with E-state index in [1.165, 1.54) is 6.08 Å². The van der Waals surface area contributed by atoms with Gasteiger partial charge in [-0.15, -0.1) is 0 Å². The highest BCUT2D eigenvalue weighted by Crippen LogP contribution is 2.02. The van der Waals surface area contributed by atoms with Gasteiger partial charge in [-0.1, -0.05) is 13.8 Å². The fourth-order valence-corrected chi connectivity index (χ4v) is 0.812. The molecule has 0 radical (unpaired) electrons. The van der Waals surface area contributed by atoms with Gasteiger partial charge in [0.25, 0.3) is 0 Å². The topological polar surface area (TPSA) is 38.3 Å². The minimum absolute atomic E-state index is 0.240. The van der Waals surface area contributed by atoms with Gasteiger partial charge in [0.05, 0.1) is 5.70 Å². The molecule has 0 bridgehead atoms. The predicted molar refractivity (Wildman–Crippen MR) is 41.9 cm³/mol. The molecule has 1 N–H and O–H groups in total. The van der Waals surface area contributed by atoms with Gasteiger partial charge in [-0.3, -0.25) is 0 Å². The van der Waals surface area contributed by atoms with Crippen molar-refractivity contribution in [1.29, 1.82) is 0 Å². The van der Waals surface area contributed by atoms with Crippen LogP contribution in [0.4, 0.5) is 0 Å². The zero-order chi connectivity index (χ0) is 8.27. The summed E-state index contributed by atoms with van der Waals surface area (Å²) >= 11 is 0. The van der Waals surface area contributed by atoms with Crippen LogP contribution in [-0.2, 0) is 9.53 Å². The zero-order valence-electron chi connectivity index (χ0n) is 6.89. The van der Waals surface area contributed by atoms with E-state index in [-0.39, 0.29) is 5.97 Å². The summed E-state index contributed by atoms with van der Waals surface area (Å²) in [5, 5.41) is 3.13. The first-order chi connectivity index (χ1) is 5.18. The Balaban J connectivity index is 2.27. The van der Waals surface area contributed by atoms with E-state index in [9.17, 15) is 4.79 Å². The smallest absolute Gasteiger partial charge is 0.333 e. The summed E-state index contributed by atoms with van der Waals surface area (Å²) < 4.78 is 4.70. The highest BCUT2D eigenvalue weighted by atomic mass is 16.5. The number of cyclic esters (lactones) is 1. The molecule has 0 saturated heterocycles. The number of carbonyl (C=O) groups is 1. The zero-order valence-corrected chi connectivity index (χ0v) is 6.89. The maximum absolute atomic E-state index is 10.6. The van der Waals surface area contributed by atoms with E-state index in [1.54, 1.807) is 0 Å². The summed E-state index contributed by atoms with van der Waals surface area (Å²) in [6.07, 6.45) is 1.50. The number of ether oxygens (including phenoxy) is 1. The number of esters is 1. The Morgan fingerprint density at radius 2 is 2.45 bits per heavy atom. The van der Waals surface area contributed by atoms with E-state index < -0.39 is 0 Å². The van der Waals surface area contributed by atoms with Gasteiger partial charge in [0, 0.05) is 12.6 Å². The lowest BCUT2D eigenvalue weighted by Gasteiger charge is -2.07. The van der Waals surface area contributed by atoms with Crippen LogP contribution >= 0.6 is 0 Å². The van der Waals surface area contributed by atoms with Crippen LogP contribution < -0.4 is 5.32 Å². The van der Waals surface area contributed by atoms with Gasteiger partial charge < -0.3 is 10.1 Å². The van der Waals surface area contributed by atoms with Crippen molar-refractivity contribution in [1.82, 2.24) is 5.32 Å². The van der Waals surface area contributed by atoms with Crippen molar-refractivity contribution < 1.29 is 9.53 Å². The van der Waals surface area contributed by atoms with Gasteiger partial charge in [0.1, 0.15) is 6.61 Å². The van der Waals surface area contributed by atoms with Crippen LogP contribution in [0.25, 0.3) is 0 Å². The maximum Gasteiger partial charge on any atom is 0.333 e. The normalized spacial score (nSPS) is 16.6. The molecule has 3 nitrogen and oxygen atoms in total. The molecule has 0 amide bonds. The van der Waals surface area contributed by atoms with Gasteiger partial charge in [0.2, 0.25) is 0 Å². The molecule has 0 aromatic rings. The molecule has 62 valence electrons. The highest BCUT2D eigenvalue weighted by Gasteiger charge is 2.11. The Morgan fingerprint density at radius 1 is 1.73 bits per heavy atom. The van der Waals surface area contributed by atoms with Gasteiger partial charge in [-0.2, -0.15) is 0 Å². The van der Waals surface area contributed by atoms with Crippen molar-refractivity contribution in [2.75, 3.05) is 13.2 Å². The largest absolute Gasteiger partial charge is 0.456 e. The van der Waals surface area contributed by atoms with Crippen molar-refractivity contribution in [3.8, 4) is 0 Å². The molecule has 0 aromatic carbocycles. The van der Waals surface area contributed by atoms with E-state index in [0.717, 1.165) is 12.2 Å². The molecule has 1 rings (SSSR count). The molecule has 1 aliphatic heterocycles. The minimum Gasteiger partial charge on any atom is -0.456 e. The van der Waals surface area contributed by atoms with Gasteiger partial charge in [-0.05, 0) is 5.92 Å². The number of hydrogen-bond acceptors (Lipinski definition) is 3. The van der Waals surface area contributed by atoms with Crippen LogP contribution in [0.15, 0.2) is 11.8 Å². The molecule has 1 heterocycles. The molecule has 0 atom stereocenters. The Kier molecular flexibility index (Phi) is 2.52. The molecule has 11 heavy (non-hydrogen) atoms. The van der Waals surface area contributed by atoms with Crippen LogP contribution in [0.3, 0.4) is 0 Å². The van der Waals surface area contributed by atoms with Gasteiger partial charge >= 0.3 is 5.97 Å². The number of nitrogens with one attached hydrogen (secondary N) is 1. The number of carbonyl (C=O) groups excluding carboxylic acids is 1. The summed E-state index contributed by atoms with van der Waals surface area (Å²) in [6, 6.07) is 0. The van der Waals surface area contributed by atoms with Crippen molar-refractivity contribution in [3.05, 3.63) is 11.8 Å². The quantitative estimate of drug-likeness (QED) is 0.609. The fourth-order valence-electron chi connectivity index (χ4n) is 0.812. The molecular weight excluding hydrogens is 142 g/mol. The molecule has 0 fully saturated rings. The van der Waals surface area contributed by atoms with Crippen molar-refractivity contribution >= 4 is 5.97 Å². The lowest BCUT2D eigenvalue weighted by Crippen LogP contribution is -2.19. The molecule has 0 aliphatic carbocycles. The summed E-state index contributed by atoms with van der Waals surface area (Å²) in [5.74, 6) is 0.350. The molecule has 0 saturated carbocycles. The monoisotopic (exact) mass is 155 g/mol. The van der Waals surface area contributed by atoms with Crippen LogP contribution in [0.2, 0.25) is 0 Å². The third-order valence-corrected chi connectivity index (χ3v) is 1.40. The average molecular weight is 155 g/mol. The molecule has 1 aliphatic rings. The molecule has 0 unspecified atom stereocenters. The summed E-state index contributed by atoms with van der Waals surface area (Å²) in [5.41, 5.74) is 0.892. The van der Waals surface area contributed by atoms with Gasteiger partial charge in [0.15, 0.2) is 0 Å². The van der Waals surface area contributed by atoms with Gasteiger partial charge in [-0.25, -0.2) is 4.79 Å². The summed E-state index contributed by atoms with van der Waals surface area (Å²) in [4.78, 5) is 10.6. The Hall–Kier alpha value is -0.990. The summed E-state index contributed by atoms with van der Waals surface area (Å²) in [7, 11) is 0. The Bertz CT molecular complexity index is 185. The molecule has 3 heteroatoms. The third kappa shape index (κ3) is 2.62. The highest BCUT2D eigenvalue weighted by molar-refractivity contribution is 5.85. The van der Waals surface area contributed by atoms with Crippen LogP contribution in [0, 0.1) is 5.92 Å². The number of rotatable bonds is 3. The Morgan fingerprint density at radius 3 is 2.91 bits per heavy atom. The number of hydrogen-bond donors (Lipinski definition) is 1. The predicted octanol–water partition coefficient (Wildman–Crippen LogP) is 0.673. The van der Waals surface area contributed by atoms with E-state index >= 15 is 0 Å². The lowest BCUT2D eigenvalue weighted by molar-refractivity contribution is -0.134. The minimum atomic E-state index is -0.240. The second-order valence-electron chi connectivity index (χ2n) is 3.05. The fraction of sp³-hybridized carbons (Fsp3) is 0.625. The van der Waals surface area contributed by atoms with E-state index in [4.69, 9.17) is 4.74 Å². The van der Waals surface area contributed by atoms with E-state index in [0.29, 0.717) is 12.5 Å². The third-order valence-electron chi connectivity index (χ3n) is 1.40. The second-order valence-corrected chi connectivity index (χ2v) is 3.05. The molecular formula is C8H13NO2. The first-order valence-corrected chi connectivity index (χ1v) is 3.79.